The minimum Gasteiger partial charge on any atom is -0.387 e. The molecule has 0 amide bonds. The fraction of sp³-hybridized carbons (Fsp3) is 0.520. The maximum absolute atomic E-state index is 10.7. The summed E-state index contributed by atoms with van der Waals surface area (Å²) in [6.07, 6.45) is 7.35. The first kappa shape index (κ1) is 20.6. The molecule has 8 heteroatoms. The summed E-state index contributed by atoms with van der Waals surface area (Å²) in [5, 5.41) is 26.3. The maximum atomic E-state index is 10.7. The lowest BCUT2D eigenvalue weighted by Crippen LogP contribution is -2.53. The predicted octanol–water partition coefficient (Wildman–Crippen LogP) is 3.13. The molecule has 2 aliphatic carbocycles. The first-order valence-electron chi connectivity index (χ1n) is 11.5. The van der Waals surface area contributed by atoms with E-state index in [-0.39, 0.29) is 10.8 Å². The van der Waals surface area contributed by atoms with E-state index < -0.39 is 11.2 Å². The molecule has 1 aromatic carbocycles. The first-order chi connectivity index (χ1) is 15.8. The van der Waals surface area contributed by atoms with Gasteiger partial charge in [0.1, 0.15) is 17.7 Å². The quantitative estimate of drug-likeness (QED) is 0.645. The second kappa shape index (κ2) is 6.52. The molecule has 33 heavy (non-hydrogen) atoms. The van der Waals surface area contributed by atoms with Gasteiger partial charge < -0.3 is 14.7 Å². The van der Waals surface area contributed by atoms with Crippen LogP contribution in [0.15, 0.2) is 36.8 Å². The largest absolute Gasteiger partial charge is 0.387 e. The van der Waals surface area contributed by atoms with Gasteiger partial charge in [-0.2, -0.15) is 10.4 Å². The highest BCUT2D eigenvalue weighted by Crippen LogP contribution is 2.78. The number of methoxy groups -OCH3 is 1. The van der Waals surface area contributed by atoms with E-state index in [0.717, 1.165) is 48.1 Å². The van der Waals surface area contributed by atoms with E-state index in [2.05, 4.69) is 44.2 Å². The van der Waals surface area contributed by atoms with E-state index in [1.807, 2.05) is 16.9 Å². The molecule has 2 saturated carbocycles. The number of anilines is 1. The van der Waals surface area contributed by atoms with Crippen molar-refractivity contribution in [3.8, 4) is 11.9 Å². The molecule has 3 aliphatic rings. The molecule has 1 saturated heterocycles. The fourth-order valence-electron chi connectivity index (χ4n) is 5.83. The number of hydrogen-bond donors (Lipinski definition) is 1. The molecule has 3 heterocycles. The van der Waals surface area contributed by atoms with Crippen molar-refractivity contribution in [3.05, 3.63) is 42.4 Å². The van der Waals surface area contributed by atoms with Gasteiger partial charge in [-0.1, -0.05) is 12.1 Å². The number of benzene rings is 1. The van der Waals surface area contributed by atoms with Crippen LogP contribution in [0.5, 0.6) is 0 Å². The Labute approximate surface area is 192 Å². The molecule has 8 nitrogen and oxygen atoms in total. The second-order valence-electron chi connectivity index (χ2n) is 10.5. The molecule has 0 bridgehead atoms. The van der Waals surface area contributed by atoms with Crippen molar-refractivity contribution in [1.29, 1.82) is 5.26 Å². The normalized spacial score (nSPS) is 27.8. The van der Waals surface area contributed by atoms with Gasteiger partial charge in [0.2, 0.25) is 0 Å². The molecule has 3 aromatic rings. The Morgan fingerprint density at radius 3 is 2.58 bits per heavy atom. The van der Waals surface area contributed by atoms with Gasteiger partial charge in [0.05, 0.1) is 35.3 Å². The Bertz CT molecular complexity index is 1300. The van der Waals surface area contributed by atoms with Crippen molar-refractivity contribution < 1.29 is 9.84 Å². The highest BCUT2D eigenvalue weighted by molar-refractivity contribution is 5.82. The summed E-state index contributed by atoms with van der Waals surface area (Å²) in [5.74, 6) is 1.45. The van der Waals surface area contributed by atoms with E-state index in [4.69, 9.17) is 4.74 Å². The summed E-state index contributed by atoms with van der Waals surface area (Å²) in [5.41, 5.74) is 0.272. The monoisotopic (exact) mass is 444 g/mol. The van der Waals surface area contributed by atoms with Crippen LogP contribution in [0, 0.1) is 16.7 Å². The highest BCUT2D eigenvalue weighted by Gasteiger charge is 2.75. The zero-order chi connectivity index (χ0) is 23.1. The summed E-state index contributed by atoms with van der Waals surface area (Å²) >= 11 is 0. The van der Waals surface area contributed by atoms with Crippen molar-refractivity contribution >= 4 is 16.7 Å². The number of fused-ring (bicyclic) bond motifs is 1. The number of rotatable bonds is 5. The smallest absolute Gasteiger partial charge is 0.159 e. The summed E-state index contributed by atoms with van der Waals surface area (Å²) < 4.78 is 7.61. The lowest BCUT2D eigenvalue weighted by Gasteiger charge is -2.39. The average Bonchev–Trinajstić information content (AvgIpc) is 3.58. The number of nitrogens with zero attached hydrogens (tertiary/aromatic N) is 6. The van der Waals surface area contributed by atoms with Gasteiger partial charge in [0.15, 0.2) is 5.82 Å². The molecule has 1 spiro atoms. The topological polar surface area (TPSA) is 100 Å². The zero-order valence-electron chi connectivity index (χ0n) is 19.2. The molecule has 170 valence electrons. The van der Waals surface area contributed by atoms with Crippen LogP contribution in [0.25, 0.3) is 16.7 Å². The van der Waals surface area contributed by atoms with Crippen LogP contribution in [0.2, 0.25) is 0 Å². The first-order valence-corrected chi connectivity index (χ1v) is 11.5. The van der Waals surface area contributed by atoms with Crippen molar-refractivity contribution in [3.63, 3.8) is 0 Å². The van der Waals surface area contributed by atoms with Crippen LogP contribution in [0.1, 0.15) is 45.1 Å². The highest BCUT2D eigenvalue weighted by atomic mass is 16.5. The molecule has 3 fully saturated rings. The summed E-state index contributed by atoms with van der Waals surface area (Å²) in [6.45, 7) is 4.85. The second-order valence-corrected chi connectivity index (χ2v) is 10.5. The van der Waals surface area contributed by atoms with Gasteiger partial charge >= 0.3 is 0 Å². The van der Waals surface area contributed by atoms with E-state index in [1.165, 1.54) is 0 Å². The molecule has 6 rings (SSSR count). The SMILES string of the molecule is CO[C@]1(C(C)(C)O)CCN(c2cc(-n3ncc4ccc([C@@]5(C#N)CC56CC6)cc43)ncn2)C1. The minimum absolute atomic E-state index is 0.215. The molecule has 0 unspecified atom stereocenters. The van der Waals surface area contributed by atoms with Crippen molar-refractivity contribution in [2.75, 3.05) is 25.1 Å². The van der Waals surface area contributed by atoms with Crippen molar-refractivity contribution in [2.45, 2.75) is 56.1 Å². The lowest BCUT2D eigenvalue weighted by molar-refractivity contribution is -0.138. The Hall–Kier alpha value is -3.02. The van der Waals surface area contributed by atoms with Gasteiger partial charge in [-0.3, -0.25) is 0 Å². The average molecular weight is 445 g/mol. The van der Waals surface area contributed by atoms with Gasteiger partial charge in [0.25, 0.3) is 0 Å². The molecule has 1 N–H and O–H groups in total. The number of ether oxygens (including phenoxy) is 1. The molecule has 0 radical (unpaired) electrons. The molecule has 2 atom stereocenters. The van der Waals surface area contributed by atoms with Crippen LogP contribution >= 0.6 is 0 Å². The van der Waals surface area contributed by atoms with Crippen LogP contribution in [0.4, 0.5) is 5.82 Å². The van der Waals surface area contributed by atoms with Crippen LogP contribution in [-0.2, 0) is 10.2 Å². The van der Waals surface area contributed by atoms with Crippen LogP contribution in [-0.4, -0.2) is 56.3 Å². The van der Waals surface area contributed by atoms with E-state index >= 15 is 0 Å². The van der Waals surface area contributed by atoms with Gasteiger partial charge in [-0.25, -0.2) is 14.6 Å². The van der Waals surface area contributed by atoms with E-state index in [9.17, 15) is 10.4 Å². The Morgan fingerprint density at radius 2 is 1.94 bits per heavy atom. The van der Waals surface area contributed by atoms with E-state index in [1.54, 1.807) is 27.3 Å². The van der Waals surface area contributed by atoms with Crippen LogP contribution in [0.3, 0.4) is 0 Å². The van der Waals surface area contributed by atoms with Gasteiger partial charge in [0, 0.05) is 25.1 Å². The number of hydrogen-bond acceptors (Lipinski definition) is 7. The minimum atomic E-state index is -0.973. The Kier molecular flexibility index (Phi) is 4.07. The summed E-state index contributed by atoms with van der Waals surface area (Å²) in [4.78, 5) is 11.1. The van der Waals surface area contributed by atoms with Crippen LogP contribution < -0.4 is 4.90 Å². The van der Waals surface area contributed by atoms with Crippen molar-refractivity contribution in [1.82, 2.24) is 19.7 Å². The zero-order valence-corrected chi connectivity index (χ0v) is 19.2. The number of aromatic nitrogens is 4. The van der Waals surface area contributed by atoms with Gasteiger partial charge in [-0.05, 0) is 56.6 Å². The fourth-order valence-corrected chi connectivity index (χ4v) is 5.83. The van der Waals surface area contributed by atoms with E-state index in [0.29, 0.717) is 18.8 Å². The Balaban J connectivity index is 1.35. The number of nitriles is 1. The third kappa shape index (κ3) is 2.79. The lowest BCUT2D eigenvalue weighted by atomic mass is 9.85. The molecule has 2 aromatic heterocycles. The summed E-state index contributed by atoms with van der Waals surface area (Å²) in [7, 11) is 1.65. The predicted molar refractivity (Wildman–Crippen MR) is 123 cm³/mol. The maximum Gasteiger partial charge on any atom is 0.159 e. The molecule has 1 aliphatic heterocycles. The standard InChI is InChI=1S/C25H28N6O2/c1-22(2,32)25(33-3)8-9-30(15-25)20-11-21(28-16-27-20)31-19-10-18(5-4-17(19)12-29-31)24(14-26)13-23(24)6-7-23/h4-5,10-12,16,32H,6-9,13,15H2,1-3H3/t24-,25+/m0/s1. The van der Waals surface area contributed by atoms with Gasteiger partial charge in [-0.15, -0.1) is 0 Å². The number of aliphatic hydroxyl groups is 1. The Morgan fingerprint density at radius 1 is 1.15 bits per heavy atom. The third-order valence-corrected chi connectivity index (χ3v) is 8.41. The summed E-state index contributed by atoms with van der Waals surface area (Å²) in [6, 6.07) is 10.8. The van der Waals surface area contributed by atoms with Crippen molar-refractivity contribution in [2.24, 2.45) is 5.41 Å². The third-order valence-electron chi connectivity index (χ3n) is 8.41. The molecular weight excluding hydrogens is 416 g/mol. The molecular formula is C25H28N6O2.